The van der Waals surface area contributed by atoms with Crippen molar-refractivity contribution in [1.29, 1.82) is 0 Å². The van der Waals surface area contributed by atoms with E-state index in [1.807, 2.05) is 9.80 Å². The van der Waals surface area contributed by atoms with Crippen molar-refractivity contribution in [3.8, 4) is 0 Å². The van der Waals surface area contributed by atoms with Crippen LogP contribution in [0.2, 0.25) is 0 Å². The zero-order valence-corrected chi connectivity index (χ0v) is 28.8. The second-order valence-corrected chi connectivity index (χ2v) is 16.8. The molecule has 3 N–H and O–H groups in total. The first-order chi connectivity index (χ1) is 22.0. The highest BCUT2D eigenvalue weighted by Crippen LogP contribution is 2.41. The maximum absolute atomic E-state index is 15.2. The number of amides is 2. The molecule has 14 heteroatoms. The number of halogens is 2. The van der Waals surface area contributed by atoms with Crippen LogP contribution in [0.5, 0.6) is 0 Å². The molecule has 2 amide bonds. The van der Waals surface area contributed by atoms with Crippen LogP contribution in [0.4, 0.5) is 4.39 Å². The molecule has 3 unspecified atom stereocenters. The fraction of sp³-hybridized carbons (Fsp3) is 0.938. The summed E-state index contributed by atoms with van der Waals surface area (Å²) in [5.41, 5.74) is 0.0506. The minimum absolute atomic E-state index is 0.0145. The summed E-state index contributed by atoms with van der Waals surface area (Å²) in [6.07, 6.45) is 8.49. The van der Waals surface area contributed by atoms with Crippen LogP contribution in [0.15, 0.2) is 0 Å². The summed E-state index contributed by atoms with van der Waals surface area (Å²) in [5, 5.41) is 7.12. The summed E-state index contributed by atoms with van der Waals surface area (Å²) in [6, 6.07) is 0. The number of likely N-dealkylation sites (tertiary alicyclic amines) is 3. The van der Waals surface area contributed by atoms with Gasteiger partial charge in [-0.25, -0.2) is 4.39 Å². The first kappa shape index (κ1) is 36.2. The van der Waals surface area contributed by atoms with Crippen LogP contribution in [0, 0.1) is 17.3 Å². The topological polar surface area (TPSA) is 132 Å². The minimum Gasteiger partial charge on any atom is -0.378 e. The lowest BCUT2D eigenvalue weighted by atomic mass is 9.71. The Balaban J connectivity index is 0.899. The van der Waals surface area contributed by atoms with Crippen LogP contribution >= 0.6 is 11.6 Å². The fourth-order valence-electron chi connectivity index (χ4n) is 8.09. The molecule has 46 heavy (non-hydrogen) atoms. The normalized spacial score (nSPS) is 31.2. The second kappa shape index (κ2) is 16.5. The van der Waals surface area contributed by atoms with Gasteiger partial charge in [0.15, 0.2) is 0 Å². The molecule has 264 valence electrons. The second-order valence-electron chi connectivity index (χ2n) is 14.6. The molecule has 0 radical (unpaired) electrons. The van der Waals surface area contributed by atoms with E-state index in [1.165, 1.54) is 12.8 Å². The number of hydrogen-bond acceptors (Lipinski definition) is 8. The van der Waals surface area contributed by atoms with Crippen LogP contribution in [0.3, 0.4) is 0 Å². The standard InChI is InChI=1S/C32H55ClFN5O6S/c33-26-20-35-31(36-21-26)38-12-8-24(9-13-38)4-3-16-45-27-7-6-25(28(34)19-27)18-30(41)37-14-10-32(11-15-37)22-39(23-32)29(40)5-1-2-17-46(42,43)44/h24-28,31,35-36H,1-23H2,(H,42,43,44). The number of piperidine rings is 2. The predicted octanol–water partition coefficient (Wildman–Crippen LogP) is 2.99. The third-order valence-corrected chi connectivity index (χ3v) is 12.2. The molecule has 3 atom stereocenters. The number of unbranched alkanes of at least 4 members (excludes halogenated alkanes) is 1. The molecule has 1 spiro atoms. The van der Waals surface area contributed by atoms with Gasteiger partial charge in [-0.2, -0.15) is 8.42 Å². The van der Waals surface area contributed by atoms with E-state index in [1.54, 1.807) is 0 Å². The molecule has 4 saturated heterocycles. The van der Waals surface area contributed by atoms with Gasteiger partial charge in [-0.05, 0) is 76.0 Å². The molecule has 4 heterocycles. The van der Waals surface area contributed by atoms with Gasteiger partial charge in [0.25, 0.3) is 10.1 Å². The Labute approximate surface area is 279 Å². The highest BCUT2D eigenvalue weighted by Gasteiger charge is 2.47. The van der Waals surface area contributed by atoms with Gasteiger partial charge in [0.1, 0.15) is 12.5 Å². The van der Waals surface area contributed by atoms with E-state index in [9.17, 15) is 18.0 Å². The average molecular weight is 692 g/mol. The van der Waals surface area contributed by atoms with Crippen LogP contribution < -0.4 is 10.6 Å². The van der Waals surface area contributed by atoms with E-state index >= 15 is 4.39 Å². The Morgan fingerprint density at radius 3 is 2.28 bits per heavy atom. The van der Waals surface area contributed by atoms with E-state index in [-0.39, 0.29) is 65.9 Å². The Kier molecular flexibility index (Phi) is 13.0. The third kappa shape index (κ3) is 10.5. The molecule has 1 aliphatic carbocycles. The van der Waals surface area contributed by atoms with Gasteiger partial charge in [-0.1, -0.05) is 0 Å². The van der Waals surface area contributed by atoms with Crippen molar-refractivity contribution >= 4 is 33.5 Å². The van der Waals surface area contributed by atoms with Crippen molar-refractivity contribution in [3.05, 3.63) is 0 Å². The number of carbonyl (C=O) groups is 2. The summed E-state index contributed by atoms with van der Waals surface area (Å²) < 4.78 is 51.7. The van der Waals surface area contributed by atoms with E-state index in [0.29, 0.717) is 58.0 Å². The zero-order chi connectivity index (χ0) is 32.7. The molecule has 5 fully saturated rings. The molecule has 4 aliphatic heterocycles. The fourth-order valence-corrected chi connectivity index (χ4v) is 8.83. The monoisotopic (exact) mass is 691 g/mol. The SMILES string of the molecule is O=C(CC1CCC(OCCCC2CCN(C3NCC(Cl)CN3)CC2)CC1F)N1CCC2(CC1)CN(C(=O)CCCCS(=O)(=O)O)C2. The quantitative estimate of drug-likeness (QED) is 0.152. The first-order valence-electron chi connectivity index (χ1n) is 17.6. The van der Waals surface area contributed by atoms with Crippen molar-refractivity contribution < 1.29 is 31.7 Å². The van der Waals surface area contributed by atoms with Crippen LogP contribution in [-0.2, 0) is 24.4 Å². The number of hydrogen-bond donors (Lipinski definition) is 3. The van der Waals surface area contributed by atoms with Gasteiger partial charge in [0.05, 0.1) is 17.2 Å². The number of nitrogens with zero attached hydrogens (tertiary/aromatic N) is 3. The van der Waals surface area contributed by atoms with Gasteiger partial charge in [-0.3, -0.25) is 29.7 Å². The Bertz CT molecular complexity index is 1100. The van der Waals surface area contributed by atoms with Crippen molar-refractivity contribution in [1.82, 2.24) is 25.3 Å². The number of alkyl halides is 2. The zero-order valence-electron chi connectivity index (χ0n) is 27.2. The molecular formula is C32H55ClFN5O6S. The number of carbonyl (C=O) groups excluding carboxylic acids is 2. The molecular weight excluding hydrogens is 637 g/mol. The molecule has 0 aromatic heterocycles. The van der Waals surface area contributed by atoms with Crippen molar-refractivity contribution in [3.63, 3.8) is 0 Å². The summed E-state index contributed by atoms with van der Waals surface area (Å²) in [7, 11) is -3.99. The van der Waals surface area contributed by atoms with Crippen molar-refractivity contribution in [2.45, 2.75) is 107 Å². The van der Waals surface area contributed by atoms with E-state index < -0.39 is 16.3 Å². The highest BCUT2D eigenvalue weighted by atomic mass is 35.5. The molecule has 5 aliphatic rings. The summed E-state index contributed by atoms with van der Waals surface area (Å²) in [6.45, 7) is 7.17. The van der Waals surface area contributed by atoms with Crippen LogP contribution in [0.1, 0.15) is 83.5 Å². The van der Waals surface area contributed by atoms with Gasteiger partial charge >= 0.3 is 0 Å². The maximum Gasteiger partial charge on any atom is 0.264 e. The smallest absolute Gasteiger partial charge is 0.264 e. The number of nitrogens with one attached hydrogen (secondary N) is 2. The van der Waals surface area contributed by atoms with E-state index in [4.69, 9.17) is 20.9 Å². The Morgan fingerprint density at radius 1 is 0.935 bits per heavy atom. The highest BCUT2D eigenvalue weighted by molar-refractivity contribution is 7.85. The van der Waals surface area contributed by atoms with Gasteiger partial charge in [0.2, 0.25) is 11.8 Å². The summed E-state index contributed by atoms with van der Waals surface area (Å²) in [4.78, 5) is 31.7. The van der Waals surface area contributed by atoms with Crippen LogP contribution in [-0.4, -0.2) is 128 Å². The average Bonchev–Trinajstić information content (AvgIpc) is 3.01. The lowest BCUT2D eigenvalue weighted by molar-refractivity contribution is -0.151. The van der Waals surface area contributed by atoms with E-state index in [2.05, 4.69) is 15.5 Å². The molecule has 0 aromatic rings. The largest absolute Gasteiger partial charge is 0.378 e. The van der Waals surface area contributed by atoms with Gasteiger partial charge in [-0.15, -0.1) is 11.6 Å². The van der Waals surface area contributed by atoms with Crippen LogP contribution in [0.25, 0.3) is 0 Å². The molecule has 5 rings (SSSR count). The molecule has 0 aromatic carbocycles. The maximum atomic E-state index is 15.2. The number of ether oxygens (including phenoxy) is 1. The lowest BCUT2D eigenvalue weighted by Crippen LogP contribution is -2.62. The van der Waals surface area contributed by atoms with Gasteiger partial charge in [0, 0.05) is 83.6 Å². The Morgan fingerprint density at radius 2 is 1.63 bits per heavy atom. The van der Waals surface area contributed by atoms with Gasteiger partial charge < -0.3 is 14.5 Å². The molecule has 11 nitrogen and oxygen atoms in total. The third-order valence-electron chi connectivity index (χ3n) is 11.1. The lowest BCUT2D eigenvalue weighted by Gasteiger charge is -2.54. The van der Waals surface area contributed by atoms with E-state index in [0.717, 1.165) is 58.3 Å². The Hall–Kier alpha value is -1.09. The molecule has 0 bridgehead atoms. The summed E-state index contributed by atoms with van der Waals surface area (Å²) in [5.74, 6) is 0.210. The van der Waals surface area contributed by atoms with Crippen molar-refractivity contribution in [2.24, 2.45) is 17.3 Å². The first-order valence-corrected chi connectivity index (χ1v) is 19.6. The summed E-state index contributed by atoms with van der Waals surface area (Å²) >= 11 is 6.17. The number of rotatable bonds is 13. The minimum atomic E-state index is -3.99. The molecule has 1 saturated carbocycles. The van der Waals surface area contributed by atoms with Crippen molar-refractivity contribution in [2.75, 3.05) is 64.7 Å². The predicted molar refractivity (Wildman–Crippen MR) is 175 cm³/mol.